The number of carbonyl (C=O) groups is 1. The third-order valence-electron chi connectivity index (χ3n) is 3.16. The van der Waals surface area contributed by atoms with Crippen LogP contribution in [-0.2, 0) is 23.1 Å². The molecule has 3 N–H and O–H groups in total. The maximum Gasteiger partial charge on any atom is 0.249 e. The Balaban J connectivity index is 1.90. The predicted octanol–water partition coefficient (Wildman–Crippen LogP) is 0.0435. The Bertz CT molecular complexity index is 416. The summed E-state index contributed by atoms with van der Waals surface area (Å²) < 4.78 is 6.97. The van der Waals surface area contributed by atoms with Gasteiger partial charge < -0.3 is 15.8 Å². The molecule has 94 valence electrons. The van der Waals surface area contributed by atoms with Crippen molar-refractivity contribution in [2.24, 2.45) is 13.0 Å². The van der Waals surface area contributed by atoms with Gasteiger partial charge in [-0.15, -0.1) is 0 Å². The van der Waals surface area contributed by atoms with E-state index in [2.05, 4.69) is 10.4 Å². The number of nitrogens with zero attached hydrogens (tertiary/aromatic N) is 2. The summed E-state index contributed by atoms with van der Waals surface area (Å²) in [6.07, 6.45) is 2.27. The zero-order valence-corrected chi connectivity index (χ0v) is 10.1. The van der Waals surface area contributed by atoms with E-state index in [0.717, 1.165) is 12.0 Å². The second kappa shape index (κ2) is 4.75. The number of hydrogen-bond acceptors (Lipinski definition) is 4. The van der Waals surface area contributed by atoms with E-state index >= 15 is 0 Å². The zero-order chi connectivity index (χ0) is 12.4. The number of anilines is 1. The lowest BCUT2D eigenvalue weighted by Crippen LogP contribution is -2.36. The number of aromatic nitrogens is 2. The van der Waals surface area contributed by atoms with Gasteiger partial charge in [-0.05, 0) is 12.3 Å². The van der Waals surface area contributed by atoms with E-state index < -0.39 is 0 Å². The molecule has 0 saturated carbocycles. The second-order valence-electron chi connectivity index (χ2n) is 4.45. The first-order valence-corrected chi connectivity index (χ1v) is 5.75. The van der Waals surface area contributed by atoms with E-state index in [9.17, 15) is 4.79 Å². The minimum atomic E-state index is -0.326. The molecule has 2 heterocycles. The van der Waals surface area contributed by atoms with E-state index in [-0.39, 0.29) is 17.9 Å². The van der Waals surface area contributed by atoms with Gasteiger partial charge in [0.05, 0.1) is 6.20 Å². The molecule has 1 aromatic heterocycles. The summed E-state index contributed by atoms with van der Waals surface area (Å²) in [5.74, 6) is 0.783. The van der Waals surface area contributed by atoms with E-state index in [4.69, 9.17) is 10.5 Å². The third-order valence-corrected chi connectivity index (χ3v) is 3.16. The van der Waals surface area contributed by atoms with Crippen molar-refractivity contribution in [2.45, 2.75) is 26.0 Å². The summed E-state index contributed by atoms with van der Waals surface area (Å²) in [5, 5.41) is 6.84. The molecule has 0 aliphatic carbocycles. The molecule has 0 aromatic carbocycles. The molecule has 1 amide bonds. The van der Waals surface area contributed by atoms with Crippen LogP contribution in [-0.4, -0.2) is 28.4 Å². The summed E-state index contributed by atoms with van der Waals surface area (Å²) >= 11 is 0. The number of rotatable bonds is 3. The lowest BCUT2D eigenvalue weighted by molar-refractivity contribution is -0.131. The number of nitrogens with one attached hydrogen (secondary N) is 1. The molecule has 1 fully saturated rings. The van der Waals surface area contributed by atoms with Crippen LogP contribution in [0.2, 0.25) is 0 Å². The lowest BCUT2D eigenvalue weighted by Gasteiger charge is -2.14. The van der Waals surface area contributed by atoms with E-state index in [1.54, 1.807) is 17.9 Å². The Morgan fingerprint density at radius 2 is 2.53 bits per heavy atom. The Kier molecular flexibility index (Phi) is 3.33. The predicted molar refractivity (Wildman–Crippen MR) is 63.0 cm³/mol. The number of nitrogen functional groups attached to an aromatic ring is 1. The van der Waals surface area contributed by atoms with Crippen LogP contribution >= 0.6 is 0 Å². The van der Waals surface area contributed by atoms with Crippen molar-refractivity contribution in [3.05, 3.63) is 11.8 Å². The molecule has 2 atom stereocenters. The molecular weight excluding hydrogens is 220 g/mol. The molecule has 0 radical (unpaired) electrons. The topological polar surface area (TPSA) is 82.2 Å². The average Bonchev–Trinajstić information content (AvgIpc) is 2.85. The van der Waals surface area contributed by atoms with Gasteiger partial charge >= 0.3 is 0 Å². The van der Waals surface area contributed by atoms with Crippen molar-refractivity contribution in [3.63, 3.8) is 0 Å². The standard InChI is InChI=1S/C11H18N4O2/c1-7-3-4-17-9(7)11(16)13-5-8-6-14-15(2)10(8)12/h6-7,9H,3-5,12H2,1-2H3,(H,13,16). The molecule has 6 nitrogen and oxygen atoms in total. The monoisotopic (exact) mass is 238 g/mol. The van der Waals surface area contributed by atoms with Gasteiger partial charge in [-0.1, -0.05) is 6.92 Å². The first-order valence-electron chi connectivity index (χ1n) is 5.75. The zero-order valence-electron chi connectivity index (χ0n) is 10.1. The highest BCUT2D eigenvalue weighted by molar-refractivity contribution is 5.81. The number of ether oxygens (including phenoxy) is 1. The van der Waals surface area contributed by atoms with Crippen LogP contribution < -0.4 is 11.1 Å². The van der Waals surface area contributed by atoms with Gasteiger partial charge in [0.1, 0.15) is 11.9 Å². The van der Waals surface area contributed by atoms with Gasteiger partial charge in [0.25, 0.3) is 0 Å². The van der Waals surface area contributed by atoms with Gasteiger partial charge in [0.15, 0.2) is 0 Å². The fraction of sp³-hybridized carbons (Fsp3) is 0.636. The van der Waals surface area contributed by atoms with Crippen molar-refractivity contribution < 1.29 is 9.53 Å². The van der Waals surface area contributed by atoms with Crippen LogP contribution in [0.5, 0.6) is 0 Å². The normalized spacial score (nSPS) is 23.9. The third kappa shape index (κ3) is 2.41. The summed E-state index contributed by atoms with van der Waals surface area (Å²) in [5.41, 5.74) is 6.61. The highest BCUT2D eigenvalue weighted by Gasteiger charge is 2.30. The minimum absolute atomic E-state index is 0.0711. The van der Waals surface area contributed by atoms with E-state index in [0.29, 0.717) is 19.0 Å². The van der Waals surface area contributed by atoms with Crippen molar-refractivity contribution in [1.82, 2.24) is 15.1 Å². The quantitative estimate of drug-likeness (QED) is 0.779. The fourth-order valence-corrected chi connectivity index (χ4v) is 1.94. The summed E-state index contributed by atoms with van der Waals surface area (Å²) in [6, 6.07) is 0. The molecule has 1 aliphatic rings. The summed E-state index contributed by atoms with van der Waals surface area (Å²) in [7, 11) is 1.77. The molecule has 1 saturated heterocycles. The number of hydrogen-bond donors (Lipinski definition) is 2. The maximum atomic E-state index is 11.8. The molecule has 2 rings (SSSR count). The second-order valence-corrected chi connectivity index (χ2v) is 4.45. The molecular formula is C11H18N4O2. The molecule has 6 heteroatoms. The average molecular weight is 238 g/mol. The van der Waals surface area contributed by atoms with Crippen LogP contribution in [0.3, 0.4) is 0 Å². The summed E-state index contributed by atoms with van der Waals surface area (Å²) in [4.78, 5) is 11.8. The lowest BCUT2D eigenvalue weighted by atomic mass is 10.0. The Morgan fingerprint density at radius 1 is 1.76 bits per heavy atom. The van der Waals surface area contributed by atoms with Crippen LogP contribution in [0.15, 0.2) is 6.20 Å². The van der Waals surface area contributed by atoms with Gasteiger partial charge in [-0.25, -0.2) is 0 Å². The summed E-state index contributed by atoms with van der Waals surface area (Å²) in [6.45, 7) is 3.08. The number of nitrogens with two attached hydrogens (primary N) is 1. The molecule has 17 heavy (non-hydrogen) atoms. The van der Waals surface area contributed by atoms with E-state index in [1.807, 2.05) is 6.92 Å². The number of amides is 1. The smallest absolute Gasteiger partial charge is 0.249 e. The highest BCUT2D eigenvalue weighted by Crippen LogP contribution is 2.20. The number of aryl methyl sites for hydroxylation is 1. The first kappa shape index (κ1) is 11.9. The van der Waals surface area contributed by atoms with Gasteiger partial charge in [0.2, 0.25) is 5.91 Å². The SMILES string of the molecule is CC1CCOC1C(=O)NCc1cnn(C)c1N. The van der Waals surface area contributed by atoms with Crippen molar-refractivity contribution in [3.8, 4) is 0 Å². The largest absolute Gasteiger partial charge is 0.384 e. The molecule has 0 bridgehead atoms. The Labute approximate surface area is 100 Å². The molecule has 0 spiro atoms. The Morgan fingerprint density at radius 3 is 3.06 bits per heavy atom. The van der Waals surface area contributed by atoms with Crippen LogP contribution in [0.25, 0.3) is 0 Å². The Hall–Kier alpha value is -1.56. The first-order chi connectivity index (χ1) is 8.09. The van der Waals surface area contributed by atoms with Crippen LogP contribution in [0.1, 0.15) is 18.9 Å². The highest BCUT2D eigenvalue weighted by atomic mass is 16.5. The molecule has 1 aliphatic heterocycles. The minimum Gasteiger partial charge on any atom is -0.384 e. The van der Waals surface area contributed by atoms with Gasteiger partial charge in [0, 0.05) is 25.8 Å². The molecule has 1 aromatic rings. The van der Waals surface area contributed by atoms with Gasteiger partial charge in [-0.3, -0.25) is 9.48 Å². The van der Waals surface area contributed by atoms with Crippen molar-refractivity contribution in [2.75, 3.05) is 12.3 Å². The molecule has 2 unspecified atom stereocenters. The maximum absolute atomic E-state index is 11.8. The van der Waals surface area contributed by atoms with Crippen molar-refractivity contribution in [1.29, 1.82) is 0 Å². The fourth-order valence-electron chi connectivity index (χ4n) is 1.94. The van der Waals surface area contributed by atoms with Crippen LogP contribution in [0, 0.1) is 5.92 Å². The van der Waals surface area contributed by atoms with Crippen LogP contribution in [0.4, 0.5) is 5.82 Å². The van der Waals surface area contributed by atoms with Crippen molar-refractivity contribution >= 4 is 11.7 Å². The number of carbonyl (C=O) groups excluding carboxylic acids is 1. The van der Waals surface area contributed by atoms with Gasteiger partial charge in [-0.2, -0.15) is 5.10 Å². The van der Waals surface area contributed by atoms with E-state index in [1.165, 1.54) is 0 Å².